The minimum Gasteiger partial charge on any atom is -0.497 e. The van der Waals surface area contributed by atoms with Gasteiger partial charge in [0, 0.05) is 6.07 Å². The molecule has 0 radical (unpaired) electrons. The molecule has 0 spiro atoms. The van der Waals surface area contributed by atoms with E-state index in [9.17, 15) is 0 Å². The topological polar surface area (TPSA) is 102 Å². The Morgan fingerprint density at radius 1 is 0.850 bits per heavy atom. The van der Waals surface area contributed by atoms with Gasteiger partial charge in [-0.1, -0.05) is 0 Å². The normalized spacial score (nSPS) is 9.95. The number of hydrogen-bond acceptors (Lipinski definition) is 8. The minimum absolute atomic E-state index is 0.0190. The fourth-order valence-corrected chi connectivity index (χ4v) is 1.39. The molecule has 1 aromatic carbocycles. The predicted octanol–water partition coefficient (Wildman–Crippen LogP) is 1.27. The van der Waals surface area contributed by atoms with Crippen LogP contribution in [-0.4, -0.2) is 36.3 Å². The number of nitrogens with two attached hydrogens (primary N) is 1. The van der Waals surface area contributed by atoms with Crippen molar-refractivity contribution < 1.29 is 18.9 Å². The van der Waals surface area contributed by atoms with Gasteiger partial charge in [-0.05, 0) is 12.1 Å². The summed E-state index contributed by atoms with van der Waals surface area (Å²) in [6, 6.07) is 5.17. The molecule has 0 aliphatic rings. The third-order valence-electron chi connectivity index (χ3n) is 2.36. The van der Waals surface area contributed by atoms with E-state index in [1.807, 2.05) is 0 Å². The zero-order chi connectivity index (χ0) is 14.5. The van der Waals surface area contributed by atoms with Crippen molar-refractivity contribution in [2.75, 3.05) is 27.1 Å². The molecule has 2 aromatic rings. The molecule has 2 N–H and O–H groups in total. The maximum atomic E-state index is 5.85. The van der Waals surface area contributed by atoms with Crippen LogP contribution < -0.4 is 24.7 Å². The number of anilines is 1. The van der Waals surface area contributed by atoms with Gasteiger partial charge in [-0.25, -0.2) is 0 Å². The van der Waals surface area contributed by atoms with Crippen molar-refractivity contribution in [1.82, 2.24) is 15.0 Å². The van der Waals surface area contributed by atoms with Gasteiger partial charge in [0.1, 0.15) is 5.75 Å². The maximum absolute atomic E-state index is 5.85. The standard InChI is InChI=1S/C12H14N4O4/c1-17-7-4-5-9(8(13)6-7)20-12-15-10(18-2)14-11(16-12)19-3/h4-6H,13H2,1-3H3. The van der Waals surface area contributed by atoms with E-state index in [1.165, 1.54) is 14.2 Å². The van der Waals surface area contributed by atoms with Gasteiger partial charge in [0.05, 0.1) is 27.0 Å². The van der Waals surface area contributed by atoms with Crippen molar-refractivity contribution in [3.63, 3.8) is 0 Å². The summed E-state index contributed by atoms with van der Waals surface area (Å²) in [5.41, 5.74) is 6.24. The van der Waals surface area contributed by atoms with Crippen LogP contribution in [0.4, 0.5) is 5.69 Å². The van der Waals surface area contributed by atoms with Crippen molar-refractivity contribution in [3.05, 3.63) is 18.2 Å². The van der Waals surface area contributed by atoms with Crippen molar-refractivity contribution in [2.45, 2.75) is 0 Å². The fourth-order valence-electron chi connectivity index (χ4n) is 1.39. The summed E-state index contributed by atoms with van der Waals surface area (Å²) in [6.45, 7) is 0. The Bertz CT molecular complexity index is 584. The molecule has 0 unspecified atom stereocenters. The first-order valence-corrected chi connectivity index (χ1v) is 5.61. The molecule has 0 fully saturated rings. The fraction of sp³-hybridized carbons (Fsp3) is 0.250. The van der Waals surface area contributed by atoms with E-state index < -0.39 is 0 Å². The number of methoxy groups -OCH3 is 3. The summed E-state index contributed by atoms with van der Waals surface area (Å²) in [4.78, 5) is 11.8. The van der Waals surface area contributed by atoms with Gasteiger partial charge < -0.3 is 24.7 Å². The molecule has 0 saturated carbocycles. The van der Waals surface area contributed by atoms with Gasteiger partial charge >= 0.3 is 18.0 Å². The van der Waals surface area contributed by atoms with E-state index in [1.54, 1.807) is 25.3 Å². The van der Waals surface area contributed by atoms with Crippen molar-refractivity contribution in [2.24, 2.45) is 0 Å². The molecule has 106 valence electrons. The average Bonchev–Trinajstić information content (AvgIpc) is 2.48. The molecule has 0 aliphatic heterocycles. The predicted molar refractivity (Wildman–Crippen MR) is 70.4 cm³/mol. The SMILES string of the molecule is COc1ccc(Oc2nc(OC)nc(OC)n2)c(N)c1. The quantitative estimate of drug-likeness (QED) is 0.816. The Morgan fingerprint density at radius 3 is 1.95 bits per heavy atom. The second-order valence-electron chi connectivity index (χ2n) is 3.60. The van der Waals surface area contributed by atoms with Crippen LogP contribution in [0.1, 0.15) is 0 Å². The van der Waals surface area contributed by atoms with Gasteiger partial charge in [0.15, 0.2) is 5.75 Å². The number of aromatic nitrogens is 3. The van der Waals surface area contributed by atoms with Crippen LogP contribution in [-0.2, 0) is 0 Å². The molecule has 1 heterocycles. The second-order valence-corrected chi connectivity index (χ2v) is 3.60. The highest BCUT2D eigenvalue weighted by molar-refractivity contribution is 5.56. The second kappa shape index (κ2) is 5.91. The lowest BCUT2D eigenvalue weighted by Gasteiger charge is -2.09. The highest BCUT2D eigenvalue weighted by atomic mass is 16.5. The van der Waals surface area contributed by atoms with Crippen LogP contribution in [0, 0.1) is 0 Å². The van der Waals surface area contributed by atoms with Crippen LogP contribution in [0.15, 0.2) is 18.2 Å². The Balaban J connectivity index is 2.29. The number of nitrogen functional groups attached to an aromatic ring is 1. The monoisotopic (exact) mass is 278 g/mol. The van der Waals surface area contributed by atoms with Gasteiger partial charge in [0.2, 0.25) is 0 Å². The molecule has 20 heavy (non-hydrogen) atoms. The first kappa shape index (κ1) is 13.7. The van der Waals surface area contributed by atoms with Gasteiger partial charge in [-0.15, -0.1) is 15.0 Å². The van der Waals surface area contributed by atoms with Gasteiger partial charge in [0.25, 0.3) is 0 Å². The van der Waals surface area contributed by atoms with E-state index in [4.69, 9.17) is 24.7 Å². The van der Waals surface area contributed by atoms with Crippen molar-refractivity contribution in [1.29, 1.82) is 0 Å². The minimum atomic E-state index is 0.0190. The summed E-state index contributed by atoms with van der Waals surface area (Å²) in [5.74, 6) is 1.02. The third-order valence-corrected chi connectivity index (χ3v) is 2.36. The number of hydrogen-bond donors (Lipinski definition) is 1. The van der Waals surface area contributed by atoms with Gasteiger partial charge in [-0.3, -0.25) is 0 Å². The largest absolute Gasteiger partial charge is 0.497 e. The summed E-state index contributed by atoms with van der Waals surface area (Å²) >= 11 is 0. The maximum Gasteiger partial charge on any atom is 0.331 e. The van der Waals surface area contributed by atoms with Crippen molar-refractivity contribution >= 4 is 5.69 Å². The van der Waals surface area contributed by atoms with E-state index in [2.05, 4.69) is 15.0 Å². The van der Waals surface area contributed by atoms with Crippen LogP contribution in [0.25, 0.3) is 0 Å². The van der Waals surface area contributed by atoms with Crippen LogP contribution in [0.5, 0.6) is 29.5 Å². The Labute approximate surface area is 115 Å². The summed E-state index contributed by atoms with van der Waals surface area (Å²) < 4.78 is 20.4. The lowest BCUT2D eigenvalue weighted by molar-refractivity contribution is 0.320. The van der Waals surface area contributed by atoms with E-state index >= 15 is 0 Å². The third kappa shape index (κ3) is 2.97. The Hall–Kier alpha value is -2.77. The summed E-state index contributed by atoms with van der Waals surface area (Å²) in [6.07, 6.45) is 0. The molecule has 0 saturated heterocycles. The van der Waals surface area contributed by atoms with Crippen LogP contribution in [0.3, 0.4) is 0 Å². The Morgan fingerprint density at radius 2 is 1.45 bits per heavy atom. The molecule has 2 rings (SSSR count). The molecule has 0 bridgehead atoms. The smallest absolute Gasteiger partial charge is 0.331 e. The molecule has 1 aromatic heterocycles. The molecule has 8 nitrogen and oxygen atoms in total. The first-order chi connectivity index (χ1) is 9.66. The number of nitrogens with zero attached hydrogens (tertiary/aromatic N) is 3. The van der Waals surface area contributed by atoms with Crippen LogP contribution in [0.2, 0.25) is 0 Å². The number of rotatable bonds is 5. The summed E-state index contributed by atoms with van der Waals surface area (Å²) in [5, 5.41) is 0. The lowest BCUT2D eigenvalue weighted by Crippen LogP contribution is -2.02. The molecular formula is C12H14N4O4. The molecule has 0 atom stereocenters. The highest BCUT2D eigenvalue weighted by Crippen LogP contribution is 2.29. The lowest BCUT2D eigenvalue weighted by atomic mass is 10.3. The number of benzene rings is 1. The zero-order valence-corrected chi connectivity index (χ0v) is 11.3. The molecule has 8 heteroatoms. The first-order valence-electron chi connectivity index (χ1n) is 5.61. The van der Waals surface area contributed by atoms with E-state index in [0.29, 0.717) is 17.2 Å². The average molecular weight is 278 g/mol. The van der Waals surface area contributed by atoms with E-state index in [0.717, 1.165) is 0 Å². The Kier molecular flexibility index (Phi) is 4.04. The van der Waals surface area contributed by atoms with E-state index in [-0.39, 0.29) is 18.0 Å². The molecule has 0 aliphatic carbocycles. The molecule has 0 amide bonds. The zero-order valence-electron chi connectivity index (χ0n) is 11.3. The summed E-state index contributed by atoms with van der Waals surface area (Å²) in [7, 11) is 4.41. The van der Waals surface area contributed by atoms with Crippen molar-refractivity contribution in [3.8, 4) is 29.5 Å². The van der Waals surface area contributed by atoms with Gasteiger partial charge in [-0.2, -0.15) is 0 Å². The van der Waals surface area contributed by atoms with Crippen LogP contribution >= 0.6 is 0 Å². The highest BCUT2D eigenvalue weighted by Gasteiger charge is 2.11. The molecular weight excluding hydrogens is 264 g/mol. The number of ether oxygens (including phenoxy) is 4.